The van der Waals surface area contributed by atoms with Crippen molar-refractivity contribution in [3.05, 3.63) is 39.7 Å². The first-order chi connectivity index (χ1) is 9.15. The number of rotatable bonds is 4. The Hall–Kier alpha value is -2.25. The van der Waals surface area contributed by atoms with Crippen molar-refractivity contribution >= 4 is 11.0 Å². The van der Waals surface area contributed by atoms with Gasteiger partial charge in [-0.25, -0.2) is 4.79 Å². The number of benzene rings is 1. The van der Waals surface area contributed by atoms with Crippen molar-refractivity contribution in [1.82, 2.24) is 5.32 Å². The van der Waals surface area contributed by atoms with Crippen LogP contribution in [0, 0.1) is 12.3 Å². The Labute approximate surface area is 111 Å². The number of phenols is 1. The molecule has 2 rings (SSSR count). The van der Waals surface area contributed by atoms with Crippen molar-refractivity contribution in [3.8, 4) is 18.1 Å². The van der Waals surface area contributed by atoms with Crippen LogP contribution in [0.25, 0.3) is 11.0 Å². The van der Waals surface area contributed by atoms with Crippen molar-refractivity contribution in [2.75, 3.05) is 6.54 Å². The maximum Gasteiger partial charge on any atom is 0.336 e. The molecule has 4 nitrogen and oxygen atoms in total. The van der Waals surface area contributed by atoms with Gasteiger partial charge in [0.1, 0.15) is 11.3 Å². The van der Waals surface area contributed by atoms with E-state index in [2.05, 4.69) is 11.2 Å². The summed E-state index contributed by atoms with van der Waals surface area (Å²) in [6, 6.07) is 4.78. The lowest BCUT2D eigenvalue weighted by Gasteiger charge is -2.08. The lowest BCUT2D eigenvalue weighted by molar-refractivity contribution is 0.466. The van der Waals surface area contributed by atoms with Gasteiger partial charge in [-0.05, 0) is 23.6 Å². The summed E-state index contributed by atoms with van der Waals surface area (Å²) in [4.78, 5) is 11.5. The molecule has 2 aromatic rings. The van der Waals surface area contributed by atoms with Crippen LogP contribution in [0.15, 0.2) is 27.4 Å². The van der Waals surface area contributed by atoms with Crippen LogP contribution in [0.5, 0.6) is 5.75 Å². The summed E-state index contributed by atoms with van der Waals surface area (Å²) in [5.41, 5.74) is 1.59. The van der Waals surface area contributed by atoms with Crippen molar-refractivity contribution in [3.63, 3.8) is 0 Å². The molecule has 19 heavy (non-hydrogen) atoms. The van der Waals surface area contributed by atoms with Crippen LogP contribution in [0.1, 0.15) is 18.1 Å². The van der Waals surface area contributed by atoms with Gasteiger partial charge in [0.2, 0.25) is 0 Å². The Morgan fingerprint density at radius 3 is 2.84 bits per heavy atom. The highest BCUT2D eigenvalue weighted by Gasteiger charge is 2.09. The van der Waals surface area contributed by atoms with Gasteiger partial charge in [-0.3, -0.25) is 0 Å². The molecule has 1 heterocycles. The summed E-state index contributed by atoms with van der Waals surface area (Å²) < 4.78 is 5.11. The molecule has 0 unspecified atom stereocenters. The average molecular weight is 257 g/mol. The minimum atomic E-state index is -0.436. The number of hydrogen-bond donors (Lipinski definition) is 2. The molecule has 0 aliphatic rings. The van der Waals surface area contributed by atoms with Crippen LogP contribution in [0.3, 0.4) is 0 Å². The van der Waals surface area contributed by atoms with Crippen molar-refractivity contribution in [2.45, 2.75) is 19.9 Å². The van der Waals surface area contributed by atoms with Gasteiger partial charge in [0.15, 0.2) is 0 Å². The number of hydrogen-bond acceptors (Lipinski definition) is 4. The van der Waals surface area contributed by atoms with Gasteiger partial charge < -0.3 is 14.8 Å². The second kappa shape index (κ2) is 5.59. The normalized spacial score (nSPS) is 10.5. The summed E-state index contributed by atoms with van der Waals surface area (Å²) in [5.74, 6) is 2.62. The summed E-state index contributed by atoms with van der Waals surface area (Å²) >= 11 is 0. The maximum atomic E-state index is 11.5. The molecule has 0 radical (unpaired) electrons. The number of fused-ring (bicyclic) bond motifs is 1. The molecule has 0 atom stereocenters. The number of nitrogens with one attached hydrogen (secondary N) is 1. The monoisotopic (exact) mass is 257 g/mol. The summed E-state index contributed by atoms with van der Waals surface area (Å²) in [7, 11) is 0. The van der Waals surface area contributed by atoms with Crippen molar-refractivity contribution < 1.29 is 9.52 Å². The third kappa shape index (κ3) is 2.78. The molecule has 2 N–H and O–H groups in total. The summed E-state index contributed by atoms with van der Waals surface area (Å²) in [5, 5.41) is 13.7. The van der Waals surface area contributed by atoms with E-state index in [1.807, 2.05) is 13.0 Å². The van der Waals surface area contributed by atoms with Crippen LogP contribution >= 0.6 is 0 Å². The van der Waals surface area contributed by atoms with Gasteiger partial charge in [0.05, 0.1) is 6.54 Å². The molecule has 0 amide bonds. The zero-order valence-electron chi connectivity index (χ0n) is 10.7. The zero-order chi connectivity index (χ0) is 13.8. The Morgan fingerprint density at radius 2 is 2.16 bits per heavy atom. The van der Waals surface area contributed by atoms with E-state index in [0.29, 0.717) is 25.1 Å². The number of terminal acetylenes is 1. The second-order valence-corrected chi connectivity index (χ2v) is 4.23. The minimum absolute atomic E-state index is 0.145. The number of aryl methyl sites for hydroxylation is 1. The highest BCUT2D eigenvalue weighted by atomic mass is 16.4. The average Bonchev–Trinajstić information content (AvgIpc) is 2.38. The summed E-state index contributed by atoms with van der Waals surface area (Å²) in [6.07, 6.45) is 5.88. The molecular weight excluding hydrogens is 242 g/mol. The third-order valence-electron chi connectivity index (χ3n) is 2.95. The minimum Gasteiger partial charge on any atom is -0.508 e. The van der Waals surface area contributed by atoms with E-state index < -0.39 is 5.63 Å². The first-order valence-corrected chi connectivity index (χ1v) is 6.08. The SMILES string of the molecule is C#CCNCc1cc(=O)oc2cc(O)c(CC)cc12. The molecule has 1 aromatic heterocycles. The molecule has 0 aliphatic heterocycles. The lowest BCUT2D eigenvalue weighted by atomic mass is 10.0. The fourth-order valence-electron chi connectivity index (χ4n) is 2.01. The molecule has 0 saturated carbocycles. The zero-order valence-corrected chi connectivity index (χ0v) is 10.7. The quantitative estimate of drug-likeness (QED) is 0.498. The highest BCUT2D eigenvalue weighted by molar-refractivity contribution is 5.82. The van der Waals surface area contributed by atoms with Gasteiger partial charge >= 0.3 is 5.63 Å². The standard InChI is InChI=1S/C15H15NO3/c1-3-5-16-9-11-7-15(18)19-14-8-13(17)10(4-2)6-12(11)14/h1,6-8,16-17H,4-5,9H2,2H3. The van der Waals surface area contributed by atoms with Crippen LogP contribution in [-0.4, -0.2) is 11.7 Å². The molecule has 0 saturated heterocycles. The van der Waals surface area contributed by atoms with Crippen LogP contribution in [0.4, 0.5) is 0 Å². The van der Waals surface area contributed by atoms with Gasteiger partial charge in [-0.2, -0.15) is 0 Å². The largest absolute Gasteiger partial charge is 0.508 e. The molecule has 1 aromatic carbocycles. The van der Waals surface area contributed by atoms with E-state index in [1.165, 1.54) is 12.1 Å². The van der Waals surface area contributed by atoms with Gasteiger partial charge in [-0.1, -0.05) is 12.8 Å². The van der Waals surface area contributed by atoms with E-state index in [-0.39, 0.29) is 5.75 Å². The summed E-state index contributed by atoms with van der Waals surface area (Å²) in [6.45, 7) is 2.87. The van der Waals surface area contributed by atoms with Gasteiger partial charge in [0.25, 0.3) is 0 Å². The molecule has 0 aliphatic carbocycles. The van der Waals surface area contributed by atoms with Gasteiger partial charge in [-0.15, -0.1) is 6.42 Å². The molecule has 4 heteroatoms. The Morgan fingerprint density at radius 1 is 1.37 bits per heavy atom. The van der Waals surface area contributed by atoms with E-state index in [0.717, 1.165) is 16.5 Å². The van der Waals surface area contributed by atoms with E-state index >= 15 is 0 Å². The lowest BCUT2D eigenvalue weighted by Crippen LogP contribution is -2.15. The van der Waals surface area contributed by atoms with E-state index in [9.17, 15) is 9.90 Å². The van der Waals surface area contributed by atoms with E-state index in [1.54, 1.807) is 0 Å². The predicted octanol–water partition coefficient (Wildman–Crippen LogP) is 1.78. The first kappa shape index (κ1) is 13.2. The van der Waals surface area contributed by atoms with Crippen molar-refractivity contribution in [1.29, 1.82) is 0 Å². The van der Waals surface area contributed by atoms with Crippen molar-refractivity contribution in [2.24, 2.45) is 0 Å². The maximum absolute atomic E-state index is 11.5. The fourth-order valence-corrected chi connectivity index (χ4v) is 2.01. The molecular formula is C15H15NO3. The van der Waals surface area contributed by atoms with Crippen LogP contribution in [0.2, 0.25) is 0 Å². The predicted molar refractivity (Wildman–Crippen MR) is 74.1 cm³/mol. The molecule has 98 valence electrons. The topological polar surface area (TPSA) is 62.5 Å². The van der Waals surface area contributed by atoms with E-state index in [4.69, 9.17) is 10.8 Å². The molecule has 0 fully saturated rings. The van der Waals surface area contributed by atoms with Gasteiger partial charge in [0, 0.05) is 24.1 Å². The first-order valence-electron chi connectivity index (χ1n) is 6.08. The molecule has 0 spiro atoms. The fraction of sp³-hybridized carbons (Fsp3) is 0.267. The Balaban J connectivity index is 2.55. The smallest absolute Gasteiger partial charge is 0.336 e. The number of phenolic OH excluding ortho intramolecular Hbond substituents is 1. The molecule has 0 bridgehead atoms. The third-order valence-corrected chi connectivity index (χ3v) is 2.95. The Kier molecular flexibility index (Phi) is 3.88. The Bertz CT molecular complexity index is 695. The van der Waals surface area contributed by atoms with Crippen LogP contribution in [-0.2, 0) is 13.0 Å². The second-order valence-electron chi connectivity index (χ2n) is 4.23. The van der Waals surface area contributed by atoms with Crippen LogP contribution < -0.4 is 10.9 Å². The highest BCUT2D eigenvalue weighted by Crippen LogP contribution is 2.26. The number of aromatic hydroxyl groups is 1.